The maximum atomic E-state index is 9.95. The van der Waals surface area contributed by atoms with Crippen LogP contribution in [0.3, 0.4) is 0 Å². The maximum Gasteiger partial charge on any atom is 0.0681 e. The van der Waals surface area contributed by atoms with E-state index in [-0.39, 0.29) is 5.57 Å². The second kappa shape index (κ2) is 4.09. The molecule has 9 heavy (non-hydrogen) atoms. The molecule has 0 aromatic carbocycles. The van der Waals surface area contributed by atoms with Crippen LogP contribution in [0, 0.1) is 0 Å². The Morgan fingerprint density at radius 2 is 2.33 bits per heavy atom. The summed E-state index contributed by atoms with van der Waals surface area (Å²) < 4.78 is 0. The fourth-order valence-corrected chi connectivity index (χ4v) is 0.348. The van der Waals surface area contributed by atoms with E-state index < -0.39 is 5.97 Å². The van der Waals surface area contributed by atoms with Crippen LogP contribution < -0.4 is 10.4 Å². The van der Waals surface area contributed by atoms with Crippen LogP contribution in [0.25, 0.3) is 0 Å². The number of rotatable bonds is 4. The van der Waals surface area contributed by atoms with Crippen molar-refractivity contribution in [3.8, 4) is 0 Å². The van der Waals surface area contributed by atoms with Gasteiger partial charge in [0.25, 0.3) is 0 Å². The van der Waals surface area contributed by atoms with Gasteiger partial charge in [0.2, 0.25) is 0 Å². The van der Waals surface area contributed by atoms with Crippen molar-refractivity contribution in [1.29, 1.82) is 0 Å². The number of aliphatic carboxylic acids is 1. The Labute approximate surface area is 54.4 Å². The molecular formula is C6H10NO2-. The molecule has 0 aromatic heterocycles. The lowest BCUT2D eigenvalue weighted by molar-refractivity contribution is -0.299. The molecule has 0 aliphatic rings. The van der Waals surface area contributed by atoms with Crippen molar-refractivity contribution in [3.05, 3.63) is 12.2 Å². The minimum absolute atomic E-state index is 0.0943. The molecule has 0 radical (unpaired) electrons. The van der Waals surface area contributed by atoms with Gasteiger partial charge < -0.3 is 15.2 Å². The molecule has 0 saturated heterocycles. The molecular weight excluding hydrogens is 118 g/mol. The van der Waals surface area contributed by atoms with E-state index in [0.29, 0.717) is 6.54 Å². The van der Waals surface area contributed by atoms with Gasteiger partial charge in [-0.15, -0.1) is 0 Å². The van der Waals surface area contributed by atoms with Crippen LogP contribution >= 0.6 is 0 Å². The van der Waals surface area contributed by atoms with E-state index in [1.807, 2.05) is 6.92 Å². The first kappa shape index (κ1) is 8.17. The zero-order chi connectivity index (χ0) is 7.28. The molecule has 0 unspecified atom stereocenters. The monoisotopic (exact) mass is 128 g/mol. The number of nitrogens with one attached hydrogen (secondary N) is 1. The predicted octanol–water partition coefficient (Wildman–Crippen LogP) is -1.10. The van der Waals surface area contributed by atoms with Crippen molar-refractivity contribution in [2.45, 2.75) is 6.92 Å². The van der Waals surface area contributed by atoms with Crippen LogP contribution in [0.4, 0.5) is 0 Å². The standard InChI is InChI=1S/C6H11NO2/c1-3-7-4-5(2)6(8)9/h7H,2-4H2,1H3,(H,8,9)/p-1. The maximum absolute atomic E-state index is 9.95. The predicted molar refractivity (Wildman–Crippen MR) is 32.7 cm³/mol. The van der Waals surface area contributed by atoms with Crippen LogP contribution in [0.15, 0.2) is 12.2 Å². The Balaban J connectivity index is 3.39. The van der Waals surface area contributed by atoms with Gasteiger partial charge >= 0.3 is 0 Å². The van der Waals surface area contributed by atoms with Crippen molar-refractivity contribution in [3.63, 3.8) is 0 Å². The zero-order valence-electron chi connectivity index (χ0n) is 5.44. The SMILES string of the molecule is C=C(CNCC)C(=O)[O-]. The third-order valence-corrected chi connectivity index (χ3v) is 0.877. The van der Waals surface area contributed by atoms with Crippen molar-refractivity contribution in [1.82, 2.24) is 5.32 Å². The summed E-state index contributed by atoms with van der Waals surface area (Å²) in [6.07, 6.45) is 0. The number of carbonyl (C=O) groups is 1. The highest BCUT2D eigenvalue weighted by Gasteiger charge is 1.90. The summed E-state index contributed by atoms with van der Waals surface area (Å²) in [5, 5.41) is 12.8. The largest absolute Gasteiger partial charge is 0.545 e. The summed E-state index contributed by atoms with van der Waals surface area (Å²) in [7, 11) is 0. The number of carboxylic acids is 1. The van der Waals surface area contributed by atoms with Gasteiger partial charge in [0, 0.05) is 6.54 Å². The molecule has 0 saturated carbocycles. The highest BCUT2D eigenvalue weighted by Crippen LogP contribution is 1.81. The fraction of sp³-hybridized carbons (Fsp3) is 0.500. The fourth-order valence-electron chi connectivity index (χ4n) is 0.348. The van der Waals surface area contributed by atoms with Gasteiger partial charge in [-0.2, -0.15) is 0 Å². The molecule has 0 amide bonds. The van der Waals surface area contributed by atoms with E-state index >= 15 is 0 Å². The van der Waals surface area contributed by atoms with Gasteiger partial charge in [-0.1, -0.05) is 13.5 Å². The molecule has 0 aliphatic carbocycles. The van der Waals surface area contributed by atoms with Crippen LogP contribution in [-0.4, -0.2) is 19.1 Å². The molecule has 1 N–H and O–H groups in total. The molecule has 0 spiro atoms. The third-order valence-electron chi connectivity index (χ3n) is 0.877. The van der Waals surface area contributed by atoms with Crippen LogP contribution in [-0.2, 0) is 4.79 Å². The highest BCUT2D eigenvalue weighted by atomic mass is 16.4. The van der Waals surface area contributed by atoms with Crippen molar-refractivity contribution < 1.29 is 9.90 Å². The molecule has 3 heteroatoms. The minimum atomic E-state index is -1.18. The van der Waals surface area contributed by atoms with E-state index in [0.717, 1.165) is 6.54 Å². The second-order valence-corrected chi connectivity index (χ2v) is 1.67. The summed E-state index contributed by atoms with van der Waals surface area (Å²) in [4.78, 5) is 9.95. The highest BCUT2D eigenvalue weighted by molar-refractivity contribution is 5.84. The molecule has 0 fully saturated rings. The van der Waals surface area contributed by atoms with E-state index in [2.05, 4.69) is 11.9 Å². The number of hydrogen-bond donors (Lipinski definition) is 1. The van der Waals surface area contributed by atoms with Crippen LogP contribution in [0.5, 0.6) is 0 Å². The van der Waals surface area contributed by atoms with Crippen molar-refractivity contribution in [2.24, 2.45) is 0 Å². The Morgan fingerprint density at radius 1 is 1.78 bits per heavy atom. The lowest BCUT2D eigenvalue weighted by Gasteiger charge is -2.04. The summed E-state index contributed by atoms with van der Waals surface area (Å²) in [5.74, 6) is -1.18. The molecule has 0 aliphatic heterocycles. The van der Waals surface area contributed by atoms with Crippen molar-refractivity contribution >= 4 is 5.97 Å². The molecule has 52 valence electrons. The first-order chi connectivity index (χ1) is 4.18. The summed E-state index contributed by atoms with van der Waals surface area (Å²) in [6.45, 7) is 6.21. The molecule has 0 bridgehead atoms. The summed E-state index contributed by atoms with van der Waals surface area (Å²) in [6, 6.07) is 0. The number of likely N-dealkylation sites (N-methyl/N-ethyl adjacent to an activating group) is 1. The van der Waals surface area contributed by atoms with Crippen LogP contribution in [0.1, 0.15) is 6.92 Å². The first-order valence-electron chi connectivity index (χ1n) is 2.78. The van der Waals surface area contributed by atoms with Crippen molar-refractivity contribution in [2.75, 3.05) is 13.1 Å². The average molecular weight is 128 g/mol. The lowest BCUT2D eigenvalue weighted by atomic mass is 10.3. The Morgan fingerprint density at radius 3 is 2.67 bits per heavy atom. The summed E-state index contributed by atoms with van der Waals surface area (Å²) in [5.41, 5.74) is 0.0943. The molecule has 0 heterocycles. The average Bonchev–Trinajstić information content (AvgIpc) is 1.82. The summed E-state index contributed by atoms with van der Waals surface area (Å²) >= 11 is 0. The molecule has 0 atom stereocenters. The van der Waals surface area contributed by atoms with E-state index in [1.54, 1.807) is 0 Å². The smallest absolute Gasteiger partial charge is 0.0681 e. The molecule has 0 aromatic rings. The van der Waals surface area contributed by atoms with Gasteiger partial charge in [-0.25, -0.2) is 0 Å². The quantitative estimate of drug-likeness (QED) is 0.489. The number of carbonyl (C=O) groups excluding carboxylic acids is 1. The number of carboxylic acid groups (broad SMARTS) is 1. The van der Waals surface area contributed by atoms with Gasteiger partial charge in [0.15, 0.2) is 0 Å². The van der Waals surface area contributed by atoms with Gasteiger partial charge in [-0.3, -0.25) is 0 Å². The van der Waals surface area contributed by atoms with Gasteiger partial charge in [0.1, 0.15) is 0 Å². The van der Waals surface area contributed by atoms with E-state index in [9.17, 15) is 9.90 Å². The van der Waals surface area contributed by atoms with E-state index in [4.69, 9.17) is 0 Å². The third kappa shape index (κ3) is 3.73. The topological polar surface area (TPSA) is 52.2 Å². The van der Waals surface area contributed by atoms with E-state index in [1.165, 1.54) is 0 Å². The zero-order valence-corrected chi connectivity index (χ0v) is 5.44. The van der Waals surface area contributed by atoms with Gasteiger partial charge in [0.05, 0.1) is 5.97 Å². The Hall–Kier alpha value is -0.830. The first-order valence-corrected chi connectivity index (χ1v) is 2.78. The molecule has 3 nitrogen and oxygen atoms in total. The minimum Gasteiger partial charge on any atom is -0.545 e. The number of hydrogen-bond acceptors (Lipinski definition) is 3. The second-order valence-electron chi connectivity index (χ2n) is 1.67. The normalized spacial score (nSPS) is 9.00. The Kier molecular flexibility index (Phi) is 3.71. The lowest BCUT2D eigenvalue weighted by Crippen LogP contribution is -2.30. The Bertz CT molecular complexity index is 120. The van der Waals surface area contributed by atoms with Gasteiger partial charge in [-0.05, 0) is 12.1 Å². The van der Waals surface area contributed by atoms with Crippen LogP contribution in [0.2, 0.25) is 0 Å². The molecule has 0 rings (SSSR count).